The van der Waals surface area contributed by atoms with Crippen molar-refractivity contribution in [2.24, 2.45) is 0 Å². The highest BCUT2D eigenvalue weighted by Crippen LogP contribution is 2.32. The number of nitrogens with zero attached hydrogens (tertiary/aromatic N) is 1. The minimum Gasteiger partial charge on any atom is -0.490 e. The topological polar surface area (TPSA) is 50.8 Å². The van der Waals surface area contributed by atoms with E-state index >= 15 is 0 Å². The van der Waals surface area contributed by atoms with E-state index in [2.05, 4.69) is 5.32 Å². The zero-order chi connectivity index (χ0) is 18.5. The molecule has 26 heavy (non-hydrogen) atoms. The van der Waals surface area contributed by atoms with Crippen molar-refractivity contribution in [1.82, 2.24) is 10.2 Å². The van der Waals surface area contributed by atoms with Gasteiger partial charge in [-0.3, -0.25) is 0 Å². The summed E-state index contributed by atoms with van der Waals surface area (Å²) in [5.41, 5.74) is 1.96. The summed E-state index contributed by atoms with van der Waals surface area (Å²) < 4.78 is 11.4. The minimum absolute atomic E-state index is 0.149. The average Bonchev–Trinajstić information content (AvgIpc) is 2.86. The van der Waals surface area contributed by atoms with Gasteiger partial charge in [0.05, 0.1) is 19.3 Å². The van der Waals surface area contributed by atoms with Gasteiger partial charge >= 0.3 is 6.03 Å². The average molecular weight is 375 g/mol. The van der Waals surface area contributed by atoms with Crippen LogP contribution in [0, 0.1) is 0 Å². The van der Waals surface area contributed by atoms with Crippen molar-refractivity contribution in [2.75, 3.05) is 20.3 Å². The number of rotatable bonds is 4. The van der Waals surface area contributed by atoms with E-state index in [0.29, 0.717) is 24.8 Å². The summed E-state index contributed by atoms with van der Waals surface area (Å²) in [7, 11) is 1.76. The Morgan fingerprint density at radius 2 is 1.96 bits per heavy atom. The van der Waals surface area contributed by atoms with Crippen molar-refractivity contribution in [1.29, 1.82) is 0 Å². The number of fused-ring (bicyclic) bond motifs is 1. The van der Waals surface area contributed by atoms with Gasteiger partial charge in [0.15, 0.2) is 11.5 Å². The monoisotopic (exact) mass is 374 g/mol. The molecule has 0 saturated carbocycles. The van der Waals surface area contributed by atoms with E-state index in [1.165, 1.54) is 0 Å². The van der Waals surface area contributed by atoms with Gasteiger partial charge in [0.2, 0.25) is 0 Å². The summed E-state index contributed by atoms with van der Waals surface area (Å²) in [5, 5.41) is 3.67. The Bertz CT molecular complexity index is 781. The fourth-order valence-corrected chi connectivity index (χ4v) is 3.02. The lowest BCUT2D eigenvalue weighted by atomic mass is 10.1. The molecule has 138 valence electrons. The van der Waals surface area contributed by atoms with Gasteiger partial charge in [0, 0.05) is 25.0 Å². The largest absolute Gasteiger partial charge is 0.490 e. The molecule has 0 radical (unpaired) electrons. The van der Waals surface area contributed by atoms with Gasteiger partial charge in [0.1, 0.15) is 0 Å². The minimum atomic E-state index is -0.151. The van der Waals surface area contributed by atoms with Gasteiger partial charge in [-0.1, -0.05) is 29.8 Å². The number of carbonyl (C=O) groups excluding carboxylic acids is 1. The van der Waals surface area contributed by atoms with Crippen LogP contribution in [0.2, 0.25) is 5.02 Å². The molecule has 1 N–H and O–H groups in total. The van der Waals surface area contributed by atoms with Crippen LogP contribution in [0.5, 0.6) is 11.5 Å². The van der Waals surface area contributed by atoms with Crippen molar-refractivity contribution in [3.63, 3.8) is 0 Å². The maximum Gasteiger partial charge on any atom is 0.317 e. The molecule has 0 spiro atoms. The van der Waals surface area contributed by atoms with Crippen LogP contribution in [0.1, 0.15) is 30.5 Å². The first-order chi connectivity index (χ1) is 12.5. The summed E-state index contributed by atoms with van der Waals surface area (Å²) in [6.45, 7) is 3.73. The standard InChI is InChI=1S/C20H23ClN2O3/c1-14(16-7-8-18-19(12-16)26-10-4-9-25-18)22-20(24)23(2)13-15-5-3-6-17(21)11-15/h3,5-8,11-12,14H,4,9-10,13H2,1-2H3,(H,22,24)/t14-/m0/s1. The SMILES string of the molecule is C[C@H](NC(=O)N(C)Cc1cccc(Cl)c1)c1ccc2c(c1)OCCCO2. The van der Waals surface area contributed by atoms with Crippen molar-refractivity contribution in [3.8, 4) is 11.5 Å². The predicted molar refractivity (Wildman–Crippen MR) is 102 cm³/mol. The van der Waals surface area contributed by atoms with Crippen LogP contribution >= 0.6 is 11.6 Å². The van der Waals surface area contributed by atoms with Crippen LogP contribution in [-0.2, 0) is 6.54 Å². The van der Waals surface area contributed by atoms with Gasteiger partial charge in [0.25, 0.3) is 0 Å². The van der Waals surface area contributed by atoms with Crippen molar-refractivity contribution < 1.29 is 14.3 Å². The quantitative estimate of drug-likeness (QED) is 0.862. The van der Waals surface area contributed by atoms with E-state index in [0.717, 1.165) is 29.0 Å². The molecular weight excluding hydrogens is 352 g/mol. The molecule has 3 rings (SSSR count). The number of nitrogens with one attached hydrogen (secondary N) is 1. The second-order valence-corrected chi connectivity index (χ2v) is 6.85. The van der Waals surface area contributed by atoms with Gasteiger partial charge in [-0.2, -0.15) is 0 Å². The number of carbonyl (C=O) groups is 1. The summed E-state index contributed by atoms with van der Waals surface area (Å²) in [6.07, 6.45) is 0.866. The van der Waals surface area contributed by atoms with Gasteiger partial charge in [-0.15, -0.1) is 0 Å². The van der Waals surface area contributed by atoms with Gasteiger partial charge < -0.3 is 19.7 Å². The van der Waals surface area contributed by atoms with Crippen molar-refractivity contribution in [3.05, 3.63) is 58.6 Å². The first-order valence-corrected chi connectivity index (χ1v) is 9.06. The number of ether oxygens (including phenoxy) is 2. The van der Waals surface area contributed by atoms with E-state index in [1.54, 1.807) is 11.9 Å². The lowest BCUT2D eigenvalue weighted by Gasteiger charge is -2.22. The Morgan fingerprint density at radius 1 is 1.19 bits per heavy atom. The van der Waals surface area contributed by atoms with E-state index in [1.807, 2.05) is 49.4 Å². The summed E-state index contributed by atoms with van der Waals surface area (Å²) in [6, 6.07) is 13.0. The van der Waals surface area contributed by atoms with Crippen LogP contribution in [0.15, 0.2) is 42.5 Å². The molecule has 1 aliphatic heterocycles. The van der Waals surface area contributed by atoms with E-state index in [9.17, 15) is 4.79 Å². The Kier molecular flexibility index (Phi) is 5.89. The number of benzene rings is 2. The Labute approximate surface area is 158 Å². The maximum atomic E-state index is 12.5. The molecule has 0 unspecified atom stereocenters. The zero-order valence-electron chi connectivity index (χ0n) is 15.0. The highest BCUT2D eigenvalue weighted by atomic mass is 35.5. The highest BCUT2D eigenvalue weighted by molar-refractivity contribution is 6.30. The Hall–Kier alpha value is -2.40. The molecule has 5 nitrogen and oxygen atoms in total. The molecular formula is C20H23ClN2O3. The fraction of sp³-hybridized carbons (Fsp3) is 0.350. The van der Waals surface area contributed by atoms with E-state index < -0.39 is 0 Å². The first kappa shape index (κ1) is 18.4. The predicted octanol–water partition coefficient (Wildman–Crippen LogP) is 4.40. The molecule has 0 aromatic heterocycles. The Morgan fingerprint density at radius 3 is 2.73 bits per heavy atom. The molecule has 2 aromatic carbocycles. The molecule has 0 fully saturated rings. The molecule has 1 heterocycles. The van der Waals surface area contributed by atoms with Crippen molar-refractivity contribution >= 4 is 17.6 Å². The molecule has 6 heteroatoms. The maximum absolute atomic E-state index is 12.5. The van der Waals surface area contributed by atoms with Crippen LogP contribution in [0.4, 0.5) is 4.79 Å². The third-order valence-electron chi connectivity index (χ3n) is 4.27. The molecule has 2 amide bonds. The van der Waals surface area contributed by atoms with Gasteiger partial charge in [-0.25, -0.2) is 4.79 Å². The van der Waals surface area contributed by atoms with Gasteiger partial charge in [-0.05, 0) is 42.3 Å². The van der Waals surface area contributed by atoms with Crippen LogP contribution in [0.3, 0.4) is 0 Å². The lowest BCUT2D eigenvalue weighted by molar-refractivity contribution is 0.203. The second kappa shape index (κ2) is 8.32. The number of hydrogen-bond acceptors (Lipinski definition) is 3. The normalized spacial score (nSPS) is 14.3. The molecule has 1 atom stereocenters. The number of urea groups is 1. The van der Waals surface area contributed by atoms with Crippen LogP contribution in [0.25, 0.3) is 0 Å². The number of halogens is 1. The Balaban J connectivity index is 1.62. The van der Waals surface area contributed by atoms with Crippen molar-refractivity contribution in [2.45, 2.75) is 25.9 Å². The molecule has 0 bridgehead atoms. The molecule has 2 aromatic rings. The summed E-state index contributed by atoms with van der Waals surface area (Å²) >= 11 is 6.00. The van der Waals surface area contributed by atoms with Crippen LogP contribution in [-0.4, -0.2) is 31.2 Å². The fourth-order valence-electron chi connectivity index (χ4n) is 2.81. The molecule has 1 aliphatic rings. The first-order valence-electron chi connectivity index (χ1n) is 8.68. The summed E-state index contributed by atoms with van der Waals surface area (Å²) in [4.78, 5) is 14.1. The smallest absolute Gasteiger partial charge is 0.317 e. The highest BCUT2D eigenvalue weighted by Gasteiger charge is 2.17. The van der Waals surface area contributed by atoms with Crippen LogP contribution < -0.4 is 14.8 Å². The number of amides is 2. The second-order valence-electron chi connectivity index (χ2n) is 6.41. The molecule has 0 saturated heterocycles. The lowest BCUT2D eigenvalue weighted by Crippen LogP contribution is -2.38. The summed E-state index contributed by atoms with van der Waals surface area (Å²) in [5.74, 6) is 1.48. The van der Waals surface area contributed by atoms with E-state index in [4.69, 9.17) is 21.1 Å². The third kappa shape index (κ3) is 4.61. The number of hydrogen-bond donors (Lipinski definition) is 1. The van der Waals surface area contributed by atoms with E-state index in [-0.39, 0.29) is 12.1 Å². The molecule has 0 aliphatic carbocycles. The third-order valence-corrected chi connectivity index (χ3v) is 4.50. The zero-order valence-corrected chi connectivity index (χ0v) is 15.8.